The van der Waals surface area contributed by atoms with E-state index in [1.165, 1.54) is 7.11 Å². The lowest BCUT2D eigenvalue weighted by atomic mass is 9.63. The number of carbonyl (C=O) groups is 3. The highest BCUT2D eigenvalue weighted by molar-refractivity contribution is 6.33. The van der Waals surface area contributed by atoms with E-state index < -0.39 is 17.2 Å². The molecule has 1 saturated heterocycles. The molecule has 190 valence electrons. The van der Waals surface area contributed by atoms with Crippen molar-refractivity contribution in [3.63, 3.8) is 0 Å². The number of hydrogen-bond donors (Lipinski definition) is 0. The number of ether oxygens (including phenoxy) is 1. The summed E-state index contributed by atoms with van der Waals surface area (Å²) in [5.74, 6) is -1.52. The molecule has 1 spiro atoms. The zero-order valence-corrected chi connectivity index (χ0v) is 21.0. The number of amides is 1. The van der Waals surface area contributed by atoms with Gasteiger partial charge in [0, 0.05) is 47.6 Å². The number of Topliss-reactive ketones (excluding diaryl/α,β-unsaturated/α-hetero) is 2. The highest BCUT2D eigenvalue weighted by atomic mass is 35.5. The topological polar surface area (TPSA) is 89.5 Å². The molecule has 3 aromatic rings. The number of carbonyl (C=O) groups excluding carboxylic acids is 3. The highest BCUT2D eigenvalue weighted by Gasteiger charge is 2.48. The number of aromatic nitrogens is 2. The van der Waals surface area contributed by atoms with Crippen LogP contribution in [0.1, 0.15) is 47.5 Å². The molecule has 0 radical (unpaired) electrons. The van der Waals surface area contributed by atoms with Gasteiger partial charge in [-0.05, 0) is 42.5 Å². The van der Waals surface area contributed by atoms with Gasteiger partial charge in [-0.3, -0.25) is 14.4 Å². The first-order valence-corrected chi connectivity index (χ1v) is 12.4. The van der Waals surface area contributed by atoms with Gasteiger partial charge >= 0.3 is 0 Å². The van der Waals surface area contributed by atoms with Crippen molar-refractivity contribution < 1.29 is 23.5 Å². The van der Waals surface area contributed by atoms with E-state index >= 15 is 0 Å². The summed E-state index contributed by atoms with van der Waals surface area (Å²) in [6.07, 6.45) is 3.73. The minimum Gasteiger partial charge on any atom is -0.496 e. The number of rotatable bonds is 4. The van der Waals surface area contributed by atoms with Gasteiger partial charge in [-0.1, -0.05) is 29.8 Å². The van der Waals surface area contributed by atoms with E-state index in [1.807, 2.05) is 18.2 Å². The number of ketones is 2. The fourth-order valence-electron chi connectivity index (χ4n) is 5.44. The Bertz CT molecular complexity index is 1340. The molecular weight excluding hydrogens is 497 g/mol. The third-order valence-corrected chi connectivity index (χ3v) is 7.67. The van der Waals surface area contributed by atoms with E-state index in [4.69, 9.17) is 16.3 Å². The van der Waals surface area contributed by atoms with Crippen LogP contribution < -0.4 is 4.74 Å². The van der Waals surface area contributed by atoms with Crippen LogP contribution in [0.15, 0.2) is 54.9 Å². The predicted molar refractivity (Wildman–Crippen MR) is 135 cm³/mol. The molecule has 1 saturated carbocycles. The number of likely N-dealkylation sites (tertiary alicyclic amines) is 1. The third-order valence-electron chi connectivity index (χ3n) is 7.35. The Kier molecular flexibility index (Phi) is 6.77. The van der Waals surface area contributed by atoms with Crippen molar-refractivity contribution in [2.45, 2.75) is 31.6 Å². The summed E-state index contributed by atoms with van der Waals surface area (Å²) >= 11 is 6.59. The molecule has 2 aromatic carbocycles. The van der Waals surface area contributed by atoms with Gasteiger partial charge < -0.3 is 9.64 Å². The Morgan fingerprint density at radius 1 is 1.05 bits per heavy atom. The molecule has 5 rings (SSSR count). The SMILES string of the molecule is COc1cc(-c2ncc(F)cn2)cc(Cl)c1C1C(=O)CC2(CCN(C(=O)c3ccccc3)CC2)CC1=O. The molecule has 37 heavy (non-hydrogen) atoms. The zero-order valence-electron chi connectivity index (χ0n) is 20.2. The van der Waals surface area contributed by atoms with Crippen LogP contribution in [-0.2, 0) is 9.59 Å². The summed E-state index contributed by atoms with van der Waals surface area (Å²) in [7, 11) is 1.43. The molecule has 0 N–H and O–H groups in total. The average Bonchev–Trinajstić information content (AvgIpc) is 2.90. The molecule has 1 aromatic heterocycles. The standard InChI is InChI=1S/C28H25ClFN3O4/c1-37-23-12-18(26-31-15-19(30)16-32-26)11-20(29)24(23)25-21(34)13-28(14-22(25)35)7-9-33(10-8-28)27(36)17-5-3-2-4-6-17/h2-6,11-12,15-16,25H,7-10,13-14H2,1H3. The van der Waals surface area contributed by atoms with Crippen molar-refractivity contribution >= 4 is 29.1 Å². The van der Waals surface area contributed by atoms with Crippen molar-refractivity contribution in [3.8, 4) is 17.1 Å². The van der Waals surface area contributed by atoms with Gasteiger partial charge in [0.25, 0.3) is 5.91 Å². The minimum atomic E-state index is -1.03. The summed E-state index contributed by atoms with van der Waals surface area (Å²) in [5.41, 5.74) is 0.982. The van der Waals surface area contributed by atoms with Crippen molar-refractivity contribution in [2.75, 3.05) is 20.2 Å². The van der Waals surface area contributed by atoms with Crippen molar-refractivity contribution in [3.05, 3.63) is 76.8 Å². The van der Waals surface area contributed by atoms with Crippen molar-refractivity contribution in [1.29, 1.82) is 0 Å². The molecule has 2 aliphatic rings. The van der Waals surface area contributed by atoms with Crippen LogP contribution in [0.4, 0.5) is 4.39 Å². The van der Waals surface area contributed by atoms with Gasteiger partial charge in [0.15, 0.2) is 11.6 Å². The largest absolute Gasteiger partial charge is 0.496 e. The van der Waals surface area contributed by atoms with Crippen LogP contribution in [0.5, 0.6) is 5.75 Å². The first kappa shape index (κ1) is 25.0. The monoisotopic (exact) mass is 521 g/mol. The summed E-state index contributed by atoms with van der Waals surface area (Å²) in [6, 6.07) is 12.3. The molecule has 1 amide bonds. The molecule has 2 heterocycles. The fourth-order valence-corrected chi connectivity index (χ4v) is 5.76. The number of methoxy groups -OCH3 is 1. The maximum absolute atomic E-state index is 13.4. The van der Waals surface area contributed by atoms with E-state index in [1.54, 1.807) is 29.2 Å². The van der Waals surface area contributed by atoms with E-state index in [-0.39, 0.29) is 46.9 Å². The van der Waals surface area contributed by atoms with E-state index in [2.05, 4.69) is 9.97 Å². The Hall–Kier alpha value is -3.65. The summed E-state index contributed by atoms with van der Waals surface area (Å²) in [6.45, 7) is 0.991. The second kappa shape index (κ2) is 10.0. The van der Waals surface area contributed by atoms with E-state index in [0.29, 0.717) is 42.6 Å². The van der Waals surface area contributed by atoms with Crippen molar-refractivity contribution in [1.82, 2.24) is 14.9 Å². The van der Waals surface area contributed by atoms with Crippen LogP contribution in [-0.4, -0.2) is 52.5 Å². The van der Waals surface area contributed by atoms with Gasteiger partial charge in [0.2, 0.25) is 0 Å². The lowest BCUT2D eigenvalue weighted by Crippen LogP contribution is -2.48. The van der Waals surface area contributed by atoms with Crippen LogP contribution in [0, 0.1) is 11.2 Å². The summed E-state index contributed by atoms with van der Waals surface area (Å²) in [4.78, 5) is 49.4. The minimum absolute atomic E-state index is 0.0384. The van der Waals surface area contributed by atoms with Gasteiger partial charge in [0.1, 0.15) is 23.2 Å². The third kappa shape index (κ3) is 4.85. The number of benzene rings is 2. The van der Waals surface area contributed by atoms with Crippen LogP contribution >= 0.6 is 11.6 Å². The number of nitrogens with zero attached hydrogens (tertiary/aromatic N) is 3. The van der Waals surface area contributed by atoms with Gasteiger partial charge in [-0.25, -0.2) is 14.4 Å². The lowest BCUT2D eigenvalue weighted by Gasteiger charge is -2.44. The smallest absolute Gasteiger partial charge is 0.253 e. The van der Waals surface area contributed by atoms with Crippen LogP contribution in [0.2, 0.25) is 5.02 Å². The lowest BCUT2D eigenvalue weighted by molar-refractivity contribution is -0.138. The molecule has 0 bridgehead atoms. The normalized spacial score (nSPS) is 17.8. The van der Waals surface area contributed by atoms with Crippen LogP contribution in [0.25, 0.3) is 11.4 Å². The molecule has 0 atom stereocenters. The maximum Gasteiger partial charge on any atom is 0.253 e. The maximum atomic E-state index is 13.4. The number of halogens is 2. The Balaban J connectivity index is 1.35. The summed E-state index contributed by atoms with van der Waals surface area (Å²) in [5, 5.41) is 0.188. The first-order chi connectivity index (χ1) is 17.8. The zero-order chi connectivity index (χ0) is 26.2. The fraction of sp³-hybridized carbons (Fsp3) is 0.321. The van der Waals surface area contributed by atoms with Gasteiger partial charge in [-0.2, -0.15) is 0 Å². The summed E-state index contributed by atoms with van der Waals surface area (Å²) < 4.78 is 18.8. The second-order valence-electron chi connectivity index (χ2n) is 9.68. The predicted octanol–water partition coefficient (Wildman–Crippen LogP) is 4.88. The first-order valence-electron chi connectivity index (χ1n) is 12.1. The number of hydrogen-bond acceptors (Lipinski definition) is 6. The second-order valence-corrected chi connectivity index (χ2v) is 10.1. The highest BCUT2D eigenvalue weighted by Crippen LogP contribution is 2.49. The quantitative estimate of drug-likeness (QED) is 0.454. The molecule has 2 fully saturated rings. The van der Waals surface area contributed by atoms with Crippen molar-refractivity contribution in [2.24, 2.45) is 5.41 Å². The molecule has 1 aliphatic carbocycles. The van der Waals surface area contributed by atoms with Gasteiger partial charge in [0.05, 0.1) is 19.5 Å². The molecule has 1 aliphatic heterocycles. The van der Waals surface area contributed by atoms with Crippen LogP contribution in [0.3, 0.4) is 0 Å². The number of piperidine rings is 1. The van der Waals surface area contributed by atoms with Gasteiger partial charge in [-0.15, -0.1) is 0 Å². The van der Waals surface area contributed by atoms with E-state index in [0.717, 1.165) is 12.4 Å². The molecule has 7 nitrogen and oxygen atoms in total. The molecular formula is C28H25ClFN3O4. The molecule has 0 unspecified atom stereocenters. The average molecular weight is 522 g/mol. The van der Waals surface area contributed by atoms with E-state index in [9.17, 15) is 18.8 Å². The Morgan fingerprint density at radius 3 is 2.27 bits per heavy atom. The Labute approximate surface area is 218 Å². The molecule has 9 heteroatoms. The Morgan fingerprint density at radius 2 is 1.68 bits per heavy atom.